The molecule has 0 radical (unpaired) electrons. The van der Waals surface area contributed by atoms with Crippen LogP contribution in [0.25, 0.3) is 10.6 Å². The van der Waals surface area contributed by atoms with Gasteiger partial charge in [0.25, 0.3) is 5.69 Å². The maximum absolute atomic E-state index is 12.0. The second kappa shape index (κ2) is 12.0. The quantitative estimate of drug-likeness (QED) is 0.194. The Morgan fingerprint density at radius 2 is 1.47 bits per heavy atom. The molecule has 8 heteroatoms. The lowest BCUT2D eigenvalue weighted by Crippen LogP contribution is -2.04. The van der Waals surface area contributed by atoms with Gasteiger partial charge >= 0.3 is 0 Å². The van der Waals surface area contributed by atoms with Crippen LogP contribution in [0, 0.1) is 10.1 Å². The normalized spacial score (nSPS) is 10.8. The van der Waals surface area contributed by atoms with Crippen molar-refractivity contribution >= 4 is 39.8 Å². The summed E-state index contributed by atoms with van der Waals surface area (Å²) < 4.78 is 0. The van der Waals surface area contributed by atoms with Crippen LogP contribution in [0.15, 0.2) is 90.3 Å². The van der Waals surface area contributed by atoms with Gasteiger partial charge in [-0.05, 0) is 19.1 Å². The minimum Gasteiger partial charge on any atom is -0.323 e. The van der Waals surface area contributed by atoms with Crippen LogP contribution >= 0.6 is 28.3 Å². The second-order valence-corrected chi connectivity index (χ2v) is 7.59. The molecule has 0 spiro atoms. The summed E-state index contributed by atoms with van der Waals surface area (Å²) in [6.45, 7) is 1.95. The lowest BCUT2D eigenvalue weighted by atomic mass is 10.0. The van der Waals surface area contributed by atoms with Crippen LogP contribution in [-0.4, -0.2) is 15.7 Å². The number of aromatic nitrogens is 1. The largest absolute Gasteiger partial charge is 0.323 e. The summed E-state index contributed by atoms with van der Waals surface area (Å²) in [5.74, 6) is -0.138. The van der Waals surface area contributed by atoms with Crippen molar-refractivity contribution in [1.82, 2.24) is 4.98 Å². The fourth-order valence-corrected chi connectivity index (χ4v) is 3.63. The molecule has 4 aromatic rings. The average Bonchev–Trinajstić information content (AvgIpc) is 3.31. The number of ketones is 1. The molecule has 1 heterocycles. The van der Waals surface area contributed by atoms with Gasteiger partial charge in [-0.15, -0.1) is 28.3 Å². The number of hydrogen-bond donors (Lipinski definition) is 1. The van der Waals surface area contributed by atoms with Crippen molar-refractivity contribution in [1.29, 1.82) is 0 Å². The first-order valence-corrected chi connectivity index (χ1v) is 10.4. The molecule has 0 saturated heterocycles. The molecule has 1 unspecified atom stereocenters. The first kappa shape index (κ1) is 25.1. The third-order valence-corrected chi connectivity index (χ3v) is 5.30. The van der Waals surface area contributed by atoms with E-state index in [2.05, 4.69) is 17.1 Å². The Morgan fingerprint density at radius 1 is 0.938 bits per heavy atom. The monoisotopic (exact) mass is 511 g/mol. The van der Waals surface area contributed by atoms with E-state index in [1.807, 2.05) is 36.6 Å². The van der Waals surface area contributed by atoms with Crippen molar-refractivity contribution in [3.63, 3.8) is 0 Å². The lowest BCUT2D eigenvalue weighted by molar-refractivity contribution is -0.384. The third kappa shape index (κ3) is 6.65. The second-order valence-electron chi connectivity index (χ2n) is 6.73. The van der Waals surface area contributed by atoms with E-state index in [-0.39, 0.29) is 34.5 Å². The summed E-state index contributed by atoms with van der Waals surface area (Å²) in [4.78, 5) is 26.4. The van der Waals surface area contributed by atoms with E-state index in [0.717, 1.165) is 16.3 Å². The van der Waals surface area contributed by atoms with Gasteiger partial charge < -0.3 is 5.73 Å². The highest BCUT2D eigenvalue weighted by atomic mass is 79.9. The first-order chi connectivity index (χ1) is 15.0. The molecule has 164 valence electrons. The number of halogens is 1. The van der Waals surface area contributed by atoms with Crippen LogP contribution in [0.1, 0.15) is 34.6 Å². The van der Waals surface area contributed by atoms with E-state index in [1.54, 1.807) is 35.6 Å². The van der Waals surface area contributed by atoms with Gasteiger partial charge in [-0.1, -0.05) is 60.7 Å². The highest BCUT2D eigenvalue weighted by Crippen LogP contribution is 2.25. The summed E-state index contributed by atoms with van der Waals surface area (Å²) in [6, 6.07) is 24.6. The number of nitro benzene ring substituents is 1. The highest BCUT2D eigenvalue weighted by molar-refractivity contribution is 8.93. The average molecular weight is 512 g/mol. The Bertz CT molecular complexity index is 1150. The highest BCUT2D eigenvalue weighted by Gasteiger charge is 2.11. The molecule has 4 rings (SSSR count). The van der Waals surface area contributed by atoms with Gasteiger partial charge in [0.2, 0.25) is 0 Å². The van der Waals surface area contributed by atoms with Gasteiger partial charge in [0.1, 0.15) is 5.01 Å². The van der Waals surface area contributed by atoms with E-state index < -0.39 is 4.92 Å². The first-order valence-electron chi connectivity index (χ1n) is 9.56. The standard InChI is InChI=1S/C13H9NO3.C11H12N2S.BrH/c15-13(10-4-2-1-3-5-10)11-6-8-12(9-7-11)14(16)17;1-8(12)10-7-14-11(13-10)9-5-3-2-4-6-9;/h1-9H;2-8H,12H2,1H3;1H. The fraction of sp³-hybridized carbons (Fsp3) is 0.0833. The smallest absolute Gasteiger partial charge is 0.269 e. The van der Waals surface area contributed by atoms with E-state index in [0.29, 0.717) is 11.1 Å². The molecule has 3 aromatic carbocycles. The maximum atomic E-state index is 12.0. The molecular weight excluding hydrogens is 490 g/mol. The number of carbonyl (C=O) groups excluding carboxylic acids is 1. The van der Waals surface area contributed by atoms with Gasteiger partial charge in [-0.2, -0.15) is 0 Å². The van der Waals surface area contributed by atoms with Crippen molar-refractivity contribution in [3.05, 3.63) is 117 Å². The van der Waals surface area contributed by atoms with Crippen molar-refractivity contribution < 1.29 is 9.72 Å². The molecule has 0 amide bonds. The van der Waals surface area contributed by atoms with Gasteiger partial charge in [0.05, 0.1) is 10.6 Å². The number of rotatable bonds is 5. The van der Waals surface area contributed by atoms with Gasteiger partial charge in [-0.25, -0.2) is 4.98 Å². The molecule has 0 fully saturated rings. The van der Waals surface area contributed by atoms with Gasteiger partial charge in [-0.3, -0.25) is 14.9 Å². The zero-order valence-electron chi connectivity index (χ0n) is 17.3. The number of nitrogens with two attached hydrogens (primary N) is 1. The van der Waals surface area contributed by atoms with Crippen LogP contribution in [0.2, 0.25) is 0 Å². The molecule has 0 aliphatic carbocycles. The number of thiazole rings is 1. The Balaban J connectivity index is 0.000000224. The van der Waals surface area contributed by atoms with E-state index in [4.69, 9.17) is 5.73 Å². The number of nitrogens with zero attached hydrogens (tertiary/aromatic N) is 2. The van der Waals surface area contributed by atoms with Crippen LogP contribution < -0.4 is 5.73 Å². The van der Waals surface area contributed by atoms with Crippen LogP contribution in [-0.2, 0) is 0 Å². The molecule has 6 nitrogen and oxygen atoms in total. The molecular formula is C24H22BrN3O3S. The van der Waals surface area contributed by atoms with Crippen LogP contribution in [0.4, 0.5) is 5.69 Å². The topological polar surface area (TPSA) is 99.1 Å². The summed E-state index contributed by atoms with van der Waals surface area (Å²) in [6.07, 6.45) is 0. The molecule has 0 bridgehead atoms. The minimum atomic E-state index is -0.489. The van der Waals surface area contributed by atoms with Crippen molar-refractivity contribution in [3.8, 4) is 10.6 Å². The number of hydrogen-bond acceptors (Lipinski definition) is 6. The van der Waals surface area contributed by atoms with Crippen LogP contribution in [0.5, 0.6) is 0 Å². The van der Waals surface area contributed by atoms with E-state index in [9.17, 15) is 14.9 Å². The number of carbonyl (C=O) groups is 1. The lowest BCUT2D eigenvalue weighted by Gasteiger charge is -2.00. The third-order valence-electron chi connectivity index (χ3n) is 4.39. The molecule has 1 atom stereocenters. The zero-order valence-corrected chi connectivity index (χ0v) is 19.8. The molecule has 0 aliphatic rings. The predicted molar refractivity (Wildman–Crippen MR) is 133 cm³/mol. The van der Waals surface area contributed by atoms with E-state index in [1.165, 1.54) is 24.3 Å². The van der Waals surface area contributed by atoms with Crippen LogP contribution in [0.3, 0.4) is 0 Å². The molecule has 0 aliphatic heterocycles. The SMILES string of the molecule is Br.CC(N)c1csc(-c2ccccc2)n1.O=C(c1ccccc1)c1ccc([N+](=O)[O-])cc1. The Morgan fingerprint density at radius 3 is 1.97 bits per heavy atom. The van der Waals surface area contributed by atoms with E-state index >= 15 is 0 Å². The molecule has 0 saturated carbocycles. The van der Waals surface area contributed by atoms with Crippen molar-refractivity contribution in [2.75, 3.05) is 0 Å². The Labute approximate surface area is 200 Å². The van der Waals surface area contributed by atoms with Crippen molar-refractivity contribution in [2.24, 2.45) is 5.73 Å². The fourth-order valence-electron chi connectivity index (χ4n) is 2.70. The zero-order chi connectivity index (χ0) is 22.2. The van der Waals surface area contributed by atoms with Gasteiger partial charge in [0, 0.05) is 40.2 Å². The summed E-state index contributed by atoms with van der Waals surface area (Å²) in [5, 5.41) is 13.5. The molecule has 1 aromatic heterocycles. The number of benzene rings is 3. The van der Waals surface area contributed by atoms with Gasteiger partial charge in [0.15, 0.2) is 5.78 Å². The Kier molecular flexibility index (Phi) is 9.39. The summed E-state index contributed by atoms with van der Waals surface area (Å²) >= 11 is 1.64. The predicted octanol–water partition coefficient (Wildman–Crippen LogP) is 6.23. The summed E-state index contributed by atoms with van der Waals surface area (Å²) in [5.41, 5.74) is 8.87. The number of non-ortho nitro benzene ring substituents is 1. The minimum absolute atomic E-state index is 0. The Hall–Kier alpha value is -3.20. The molecule has 32 heavy (non-hydrogen) atoms. The molecule has 2 N–H and O–H groups in total. The maximum Gasteiger partial charge on any atom is 0.269 e. The van der Waals surface area contributed by atoms with Crippen molar-refractivity contribution in [2.45, 2.75) is 13.0 Å². The summed E-state index contributed by atoms with van der Waals surface area (Å²) in [7, 11) is 0. The number of nitro groups is 1.